The number of alkyl halides is 4. The maximum Gasteiger partial charge on any atom is 0.283 e. The Kier molecular flexibility index (Phi) is 2.38. The molecule has 0 saturated heterocycles. The summed E-state index contributed by atoms with van der Waals surface area (Å²) in [6.07, 6.45) is -5.97. The Morgan fingerprint density at radius 2 is 2.21 bits per heavy atom. The zero-order valence-electron chi connectivity index (χ0n) is 7.05. The first kappa shape index (κ1) is 10.7. The Morgan fingerprint density at radius 1 is 1.71 bits per heavy atom. The first-order valence-corrected chi connectivity index (χ1v) is 3.54. The number of amides is 1. The second-order valence-electron chi connectivity index (χ2n) is 2.77. The Balaban J connectivity index is 3.15. The van der Waals surface area contributed by atoms with Crippen LogP contribution >= 0.6 is 0 Å². The van der Waals surface area contributed by atoms with Crippen molar-refractivity contribution in [2.45, 2.75) is 18.4 Å². The normalized spacial score (nSPS) is 32.3. The van der Waals surface area contributed by atoms with Gasteiger partial charge >= 0.3 is 0 Å². The summed E-state index contributed by atoms with van der Waals surface area (Å²) in [5.41, 5.74) is -0.507. The highest BCUT2D eigenvalue weighted by Crippen LogP contribution is 2.32. The summed E-state index contributed by atoms with van der Waals surface area (Å²) in [5.74, 6) is -1.81. The largest absolute Gasteiger partial charge is 0.366 e. The third kappa shape index (κ3) is 1.21. The summed E-state index contributed by atoms with van der Waals surface area (Å²) in [4.78, 5) is 10.6. The van der Waals surface area contributed by atoms with Gasteiger partial charge in [0, 0.05) is 7.05 Å². The van der Waals surface area contributed by atoms with Gasteiger partial charge in [-0.3, -0.25) is 9.80 Å². The van der Waals surface area contributed by atoms with E-state index in [1.54, 1.807) is 0 Å². The standard InChI is InChI=1S/C6H7F4N3O/c1-13-4(9)6(10,5(11)14)2(12-13)3(7)8/h3-4H,1H3,(H2,11,14). The van der Waals surface area contributed by atoms with Gasteiger partial charge < -0.3 is 5.73 Å². The van der Waals surface area contributed by atoms with Crippen molar-refractivity contribution in [2.75, 3.05) is 7.05 Å². The molecule has 1 rings (SSSR count). The molecule has 2 unspecified atom stereocenters. The van der Waals surface area contributed by atoms with E-state index in [0.717, 1.165) is 7.05 Å². The van der Waals surface area contributed by atoms with Crippen LogP contribution in [0.2, 0.25) is 0 Å². The lowest BCUT2D eigenvalue weighted by Gasteiger charge is -2.21. The van der Waals surface area contributed by atoms with Gasteiger partial charge in [0.15, 0.2) is 5.71 Å². The quantitative estimate of drug-likeness (QED) is 0.520. The molecule has 0 radical (unpaired) electrons. The van der Waals surface area contributed by atoms with Gasteiger partial charge in [-0.25, -0.2) is 17.6 Å². The van der Waals surface area contributed by atoms with Gasteiger partial charge in [-0.15, -0.1) is 0 Å². The third-order valence-corrected chi connectivity index (χ3v) is 1.86. The van der Waals surface area contributed by atoms with Crippen LogP contribution in [0.3, 0.4) is 0 Å². The van der Waals surface area contributed by atoms with Crippen LogP contribution in [0, 0.1) is 0 Å². The fourth-order valence-electron chi connectivity index (χ4n) is 1.12. The van der Waals surface area contributed by atoms with E-state index in [0.29, 0.717) is 5.01 Å². The van der Waals surface area contributed by atoms with Gasteiger partial charge in [0.1, 0.15) is 0 Å². The summed E-state index contributed by atoms with van der Waals surface area (Å²) < 4.78 is 50.9. The fraction of sp³-hybridized carbons (Fsp3) is 0.667. The van der Waals surface area contributed by atoms with Crippen LogP contribution in [0.15, 0.2) is 5.10 Å². The topological polar surface area (TPSA) is 58.7 Å². The lowest BCUT2D eigenvalue weighted by molar-refractivity contribution is -0.131. The Bertz CT molecular complexity index is 295. The van der Waals surface area contributed by atoms with E-state index in [2.05, 4.69) is 10.8 Å². The Labute approximate surface area is 76.3 Å². The average Bonchev–Trinajstić information content (AvgIpc) is 2.31. The van der Waals surface area contributed by atoms with Gasteiger partial charge in [-0.05, 0) is 0 Å². The molecular weight excluding hydrogens is 206 g/mol. The van der Waals surface area contributed by atoms with Crippen LogP contribution in [0.25, 0.3) is 0 Å². The predicted molar refractivity (Wildman–Crippen MR) is 39.1 cm³/mol. The Morgan fingerprint density at radius 3 is 2.50 bits per heavy atom. The summed E-state index contributed by atoms with van der Waals surface area (Å²) in [7, 11) is 0.928. The van der Waals surface area contributed by atoms with Crippen LogP contribution < -0.4 is 5.73 Å². The van der Waals surface area contributed by atoms with Crippen LogP contribution in [0.1, 0.15) is 0 Å². The van der Waals surface area contributed by atoms with E-state index in [4.69, 9.17) is 0 Å². The van der Waals surface area contributed by atoms with E-state index in [-0.39, 0.29) is 0 Å². The molecule has 1 heterocycles. The van der Waals surface area contributed by atoms with E-state index in [1.165, 1.54) is 0 Å². The molecule has 0 aromatic rings. The predicted octanol–water partition coefficient (Wildman–Crippen LogP) is 0.0421. The second kappa shape index (κ2) is 3.10. The number of carbonyl (C=O) groups excluding carboxylic acids is 1. The number of hydrazone groups is 1. The summed E-state index contributed by atoms with van der Waals surface area (Å²) in [6.45, 7) is 0. The molecule has 0 aliphatic carbocycles. The molecule has 0 spiro atoms. The molecule has 1 amide bonds. The van der Waals surface area contributed by atoms with Crippen LogP contribution in [0.5, 0.6) is 0 Å². The van der Waals surface area contributed by atoms with Crippen molar-refractivity contribution >= 4 is 11.6 Å². The molecule has 2 atom stereocenters. The van der Waals surface area contributed by atoms with Gasteiger partial charge in [0.25, 0.3) is 18.0 Å². The SMILES string of the molecule is CN1N=C(C(F)F)C(F)(C(N)=O)C1F. The first-order chi connectivity index (χ1) is 6.31. The van der Waals surface area contributed by atoms with Crippen molar-refractivity contribution in [3.8, 4) is 0 Å². The number of hydrogen-bond acceptors (Lipinski definition) is 3. The minimum atomic E-state index is -3.54. The van der Waals surface area contributed by atoms with Crippen molar-refractivity contribution in [3.63, 3.8) is 0 Å². The zero-order chi connectivity index (χ0) is 11.1. The van der Waals surface area contributed by atoms with Crippen molar-refractivity contribution in [2.24, 2.45) is 10.8 Å². The van der Waals surface area contributed by atoms with Gasteiger partial charge in [0.2, 0.25) is 6.30 Å². The zero-order valence-corrected chi connectivity index (χ0v) is 7.05. The minimum absolute atomic E-state index is 0.298. The molecule has 0 aromatic carbocycles. The second-order valence-corrected chi connectivity index (χ2v) is 2.77. The summed E-state index contributed by atoms with van der Waals surface area (Å²) >= 11 is 0. The van der Waals surface area contributed by atoms with Gasteiger partial charge in [0.05, 0.1) is 0 Å². The van der Waals surface area contributed by atoms with Gasteiger partial charge in [-0.2, -0.15) is 5.10 Å². The number of primary amides is 1. The van der Waals surface area contributed by atoms with Crippen LogP contribution in [-0.4, -0.2) is 42.1 Å². The maximum atomic E-state index is 13.5. The van der Waals surface area contributed by atoms with E-state index in [9.17, 15) is 22.4 Å². The molecule has 0 aromatic heterocycles. The fourth-order valence-corrected chi connectivity index (χ4v) is 1.12. The van der Waals surface area contributed by atoms with Crippen LogP contribution in [-0.2, 0) is 4.79 Å². The molecule has 1 aliphatic heterocycles. The molecule has 80 valence electrons. The molecule has 0 saturated carbocycles. The lowest BCUT2D eigenvalue weighted by Crippen LogP contribution is -2.54. The van der Waals surface area contributed by atoms with Crippen molar-refractivity contribution in [1.29, 1.82) is 0 Å². The maximum absolute atomic E-state index is 13.5. The molecule has 4 nitrogen and oxygen atoms in total. The number of carbonyl (C=O) groups is 1. The average molecular weight is 213 g/mol. The number of rotatable bonds is 2. The molecular formula is C6H7F4N3O. The van der Waals surface area contributed by atoms with E-state index < -0.39 is 30.0 Å². The monoisotopic (exact) mass is 213 g/mol. The van der Waals surface area contributed by atoms with Crippen molar-refractivity contribution < 1.29 is 22.4 Å². The number of hydrogen-bond donors (Lipinski definition) is 1. The smallest absolute Gasteiger partial charge is 0.283 e. The molecule has 0 bridgehead atoms. The lowest BCUT2D eigenvalue weighted by atomic mass is 9.99. The number of halogens is 4. The third-order valence-electron chi connectivity index (χ3n) is 1.86. The Hall–Kier alpha value is -1.34. The molecule has 8 heteroatoms. The molecule has 0 fully saturated rings. The highest BCUT2D eigenvalue weighted by atomic mass is 19.3. The van der Waals surface area contributed by atoms with Crippen molar-refractivity contribution in [3.05, 3.63) is 0 Å². The number of nitrogens with two attached hydrogens (primary N) is 1. The number of nitrogens with zero attached hydrogens (tertiary/aromatic N) is 2. The molecule has 14 heavy (non-hydrogen) atoms. The van der Waals surface area contributed by atoms with Crippen LogP contribution in [0.4, 0.5) is 17.6 Å². The highest BCUT2D eigenvalue weighted by molar-refractivity contribution is 6.14. The van der Waals surface area contributed by atoms with E-state index in [1.807, 2.05) is 0 Å². The summed E-state index contributed by atoms with van der Waals surface area (Å²) in [5, 5.41) is 3.19. The summed E-state index contributed by atoms with van der Waals surface area (Å²) in [6, 6.07) is 0. The molecule has 2 N–H and O–H groups in total. The van der Waals surface area contributed by atoms with E-state index >= 15 is 0 Å². The van der Waals surface area contributed by atoms with Crippen molar-refractivity contribution in [1.82, 2.24) is 5.01 Å². The van der Waals surface area contributed by atoms with Gasteiger partial charge in [-0.1, -0.05) is 0 Å². The first-order valence-electron chi connectivity index (χ1n) is 3.54. The highest BCUT2D eigenvalue weighted by Gasteiger charge is 2.59. The molecule has 1 aliphatic rings. The minimum Gasteiger partial charge on any atom is -0.366 e.